The van der Waals surface area contributed by atoms with E-state index in [1.54, 1.807) is 13.0 Å². The number of allylic oxidation sites excluding steroid dienone is 1. The molecule has 15 heavy (non-hydrogen) atoms. The van der Waals surface area contributed by atoms with Crippen LogP contribution in [-0.4, -0.2) is 12.6 Å². The Hall–Kier alpha value is -1.28. The van der Waals surface area contributed by atoms with Gasteiger partial charge in [0.05, 0.1) is 6.61 Å². The van der Waals surface area contributed by atoms with Gasteiger partial charge in [0.25, 0.3) is 0 Å². The summed E-state index contributed by atoms with van der Waals surface area (Å²) in [5, 5.41) is 0.635. The average molecular weight is 225 g/mol. The van der Waals surface area contributed by atoms with Crippen LogP contribution in [0.1, 0.15) is 19.4 Å². The molecule has 0 saturated carbocycles. The normalized spacial score (nSPS) is 11.3. The molecule has 0 aliphatic rings. The monoisotopic (exact) mass is 224 g/mol. The molecule has 0 aliphatic carbocycles. The van der Waals surface area contributed by atoms with Gasteiger partial charge in [0.2, 0.25) is 0 Å². The Morgan fingerprint density at radius 3 is 2.73 bits per heavy atom. The number of rotatable bonds is 3. The molecule has 0 fully saturated rings. The second-order valence-electron chi connectivity index (χ2n) is 3.06. The molecule has 0 radical (unpaired) electrons. The summed E-state index contributed by atoms with van der Waals surface area (Å²) in [6.07, 6.45) is 1.45. The molecule has 0 spiro atoms. The SMILES string of the molecule is CCOC(=O)C=C(C)c1ccccc1Cl. The van der Waals surface area contributed by atoms with E-state index in [1.807, 2.05) is 25.1 Å². The summed E-state index contributed by atoms with van der Waals surface area (Å²) in [6, 6.07) is 7.39. The lowest BCUT2D eigenvalue weighted by molar-refractivity contribution is -0.137. The lowest BCUT2D eigenvalue weighted by Gasteiger charge is -2.03. The van der Waals surface area contributed by atoms with Crippen LogP contribution in [0.5, 0.6) is 0 Å². The van der Waals surface area contributed by atoms with Crippen molar-refractivity contribution < 1.29 is 9.53 Å². The quantitative estimate of drug-likeness (QED) is 0.582. The Labute approximate surface area is 94.5 Å². The van der Waals surface area contributed by atoms with Crippen LogP contribution in [0.2, 0.25) is 5.02 Å². The molecule has 0 saturated heterocycles. The Balaban J connectivity index is 2.89. The van der Waals surface area contributed by atoms with E-state index in [9.17, 15) is 4.79 Å². The summed E-state index contributed by atoms with van der Waals surface area (Å²) in [7, 11) is 0. The van der Waals surface area contributed by atoms with E-state index in [0.717, 1.165) is 11.1 Å². The topological polar surface area (TPSA) is 26.3 Å². The van der Waals surface area contributed by atoms with Gasteiger partial charge in [-0.05, 0) is 31.1 Å². The Morgan fingerprint density at radius 2 is 2.13 bits per heavy atom. The molecule has 0 atom stereocenters. The third-order valence-corrected chi connectivity index (χ3v) is 2.25. The molecule has 0 aliphatic heterocycles. The summed E-state index contributed by atoms with van der Waals surface area (Å²) in [5.74, 6) is -0.338. The van der Waals surface area contributed by atoms with Gasteiger partial charge in [-0.3, -0.25) is 0 Å². The number of ether oxygens (including phenoxy) is 1. The highest BCUT2D eigenvalue weighted by atomic mass is 35.5. The summed E-state index contributed by atoms with van der Waals surface area (Å²) in [5.41, 5.74) is 1.66. The summed E-state index contributed by atoms with van der Waals surface area (Å²) < 4.78 is 4.82. The molecule has 1 aromatic carbocycles. The predicted molar refractivity (Wildman–Crippen MR) is 61.7 cm³/mol. The van der Waals surface area contributed by atoms with E-state index in [-0.39, 0.29) is 5.97 Å². The summed E-state index contributed by atoms with van der Waals surface area (Å²) in [4.78, 5) is 11.2. The van der Waals surface area contributed by atoms with Crippen molar-refractivity contribution in [3.05, 3.63) is 40.9 Å². The van der Waals surface area contributed by atoms with Crippen molar-refractivity contribution in [2.75, 3.05) is 6.61 Å². The van der Waals surface area contributed by atoms with E-state index in [0.29, 0.717) is 11.6 Å². The highest BCUT2D eigenvalue weighted by molar-refractivity contribution is 6.32. The fourth-order valence-corrected chi connectivity index (χ4v) is 1.50. The van der Waals surface area contributed by atoms with Crippen LogP contribution in [0.3, 0.4) is 0 Å². The highest BCUT2D eigenvalue weighted by Crippen LogP contribution is 2.22. The third kappa shape index (κ3) is 3.40. The van der Waals surface area contributed by atoms with Crippen LogP contribution < -0.4 is 0 Å². The molecule has 0 bridgehead atoms. The largest absolute Gasteiger partial charge is 0.463 e. The minimum absolute atomic E-state index is 0.338. The van der Waals surface area contributed by atoms with Crippen LogP contribution in [0, 0.1) is 0 Å². The van der Waals surface area contributed by atoms with Gasteiger partial charge in [-0.2, -0.15) is 0 Å². The third-order valence-electron chi connectivity index (χ3n) is 1.92. The maximum absolute atomic E-state index is 11.2. The number of esters is 1. The molecule has 1 aromatic rings. The number of carbonyl (C=O) groups excluding carboxylic acids is 1. The zero-order valence-electron chi connectivity index (χ0n) is 8.79. The van der Waals surface area contributed by atoms with Crippen molar-refractivity contribution in [3.63, 3.8) is 0 Å². The Bertz CT molecular complexity index is 383. The van der Waals surface area contributed by atoms with Gasteiger partial charge in [0.1, 0.15) is 0 Å². The maximum Gasteiger partial charge on any atom is 0.331 e. The molecule has 0 heterocycles. The van der Waals surface area contributed by atoms with Crippen molar-refractivity contribution in [2.45, 2.75) is 13.8 Å². The fourth-order valence-electron chi connectivity index (χ4n) is 1.22. The molecular weight excluding hydrogens is 212 g/mol. The van der Waals surface area contributed by atoms with E-state index in [4.69, 9.17) is 16.3 Å². The number of hydrogen-bond donors (Lipinski definition) is 0. The van der Waals surface area contributed by atoms with Gasteiger partial charge in [-0.15, -0.1) is 0 Å². The maximum atomic E-state index is 11.2. The van der Waals surface area contributed by atoms with E-state index in [1.165, 1.54) is 6.08 Å². The van der Waals surface area contributed by atoms with E-state index < -0.39 is 0 Å². The van der Waals surface area contributed by atoms with Gasteiger partial charge in [0, 0.05) is 11.1 Å². The van der Waals surface area contributed by atoms with E-state index in [2.05, 4.69) is 0 Å². The first-order valence-corrected chi connectivity index (χ1v) is 5.13. The predicted octanol–water partition coefficient (Wildman–Crippen LogP) is 3.31. The van der Waals surface area contributed by atoms with Crippen LogP contribution in [0.4, 0.5) is 0 Å². The van der Waals surface area contributed by atoms with Crippen LogP contribution >= 0.6 is 11.6 Å². The van der Waals surface area contributed by atoms with Gasteiger partial charge >= 0.3 is 5.97 Å². The number of halogens is 1. The van der Waals surface area contributed by atoms with Gasteiger partial charge in [0.15, 0.2) is 0 Å². The highest BCUT2D eigenvalue weighted by Gasteiger charge is 2.03. The summed E-state index contributed by atoms with van der Waals surface area (Å²) >= 11 is 5.99. The van der Waals surface area contributed by atoms with Gasteiger partial charge < -0.3 is 4.74 Å². The molecule has 3 heteroatoms. The molecule has 0 N–H and O–H groups in total. The number of carbonyl (C=O) groups is 1. The van der Waals surface area contributed by atoms with Gasteiger partial charge in [-0.25, -0.2) is 4.79 Å². The molecule has 0 unspecified atom stereocenters. The first kappa shape index (κ1) is 11.8. The minimum Gasteiger partial charge on any atom is -0.463 e. The van der Waals surface area contributed by atoms with Crippen molar-refractivity contribution in [1.82, 2.24) is 0 Å². The van der Waals surface area contributed by atoms with Crippen LogP contribution in [-0.2, 0) is 9.53 Å². The second-order valence-corrected chi connectivity index (χ2v) is 3.47. The first-order chi connectivity index (χ1) is 7.15. The lowest BCUT2D eigenvalue weighted by atomic mass is 10.1. The number of benzene rings is 1. The minimum atomic E-state index is -0.338. The zero-order valence-corrected chi connectivity index (χ0v) is 9.54. The molecule has 80 valence electrons. The Kier molecular flexibility index (Phi) is 4.37. The zero-order chi connectivity index (χ0) is 11.3. The molecular formula is C12H13ClO2. The van der Waals surface area contributed by atoms with Crippen molar-refractivity contribution in [2.24, 2.45) is 0 Å². The van der Waals surface area contributed by atoms with Crippen LogP contribution in [0.15, 0.2) is 30.3 Å². The Morgan fingerprint density at radius 1 is 1.47 bits per heavy atom. The van der Waals surface area contributed by atoms with E-state index >= 15 is 0 Å². The van der Waals surface area contributed by atoms with Crippen molar-refractivity contribution in [3.8, 4) is 0 Å². The summed E-state index contributed by atoms with van der Waals surface area (Å²) in [6.45, 7) is 3.99. The van der Waals surface area contributed by atoms with Crippen molar-refractivity contribution >= 4 is 23.1 Å². The van der Waals surface area contributed by atoms with Crippen LogP contribution in [0.25, 0.3) is 5.57 Å². The van der Waals surface area contributed by atoms with Crippen molar-refractivity contribution in [1.29, 1.82) is 0 Å². The fraction of sp³-hybridized carbons (Fsp3) is 0.250. The lowest BCUT2D eigenvalue weighted by Crippen LogP contribution is -2.00. The standard InChI is InChI=1S/C12H13ClO2/c1-3-15-12(14)8-9(2)10-6-4-5-7-11(10)13/h4-8H,3H2,1-2H3. The molecule has 1 rings (SSSR count). The molecule has 2 nitrogen and oxygen atoms in total. The number of hydrogen-bond acceptors (Lipinski definition) is 2. The first-order valence-electron chi connectivity index (χ1n) is 4.75. The molecule has 0 aromatic heterocycles. The smallest absolute Gasteiger partial charge is 0.331 e. The van der Waals surface area contributed by atoms with Gasteiger partial charge in [-0.1, -0.05) is 29.8 Å². The second kappa shape index (κ2) is 5.56. The molecule has 0 amide bonds. The average Bonchev–Trinajstić information content (AvgIpc) is 2.18.